The summed E-state index contributed by atoms with van der Waals surface area (Å²) in [5.74, 6) is 2.35. The predicted molar refractivity (Wildman–Crippen MR) is 134 cm³/mol. The maximum Gasteiger partial charge on any atom is 0.253 e. The second-order valence-corrected chi connectivity index (χ2v) is 11.9. The molecule has 0 spiro atoms. The van der Waals surface area contributed by atoms with E-state index in [-0.39, 0.29) is 22.7 Å². The quantitative estimate of drug-likeness (QED) is 0.507. The van der Waals surface area contributed by atoms with E-state index in [0.717, 1.165) is 25.9 Å². The normalized spacial score (nSPS) is 39.6. The van der Waals surface area contributed by atoms with E-state index in [0.29, 0.717) is 36.2 Å². The number of nitrogens with zero attached hydrogens (tertiary/aromatic N) is 1. The number of allylic oxidation sites excluding steroid dienone is 2. The fraction of sp³-hybridized carbons (Fsp3) is 0.759. The second kappa shape index (κ2) is 9.46. The van der Waals surface area contributed by atoms with Gasteiger partial charge in [-0.2, -0.15) is 0 Å². The van der Waals surface area contributed by atoms with E-state index in [1.54, 1.807) is 29.5 Å². The molecule has 0 aromatic carbocycles. The van der Waals surface area contributed by atoms with Crippen molar-refractivity contribution in [2.75, 3.05) is 13.2 Å². The Morgan fingerprint density at radius 1 is 1.18 bits per heavy atom. The average Bonchev–Trinajstić information content (AvgIpc) is 3.36. The zero-order valence-electron chi connectivity index (χ0n) is 21.6. The van der Waals surface area contributed by atoms with Gasteiger partial charge in [0.05, 0.1) is 19.3 Å². The first-order chi connectivity index (χ1) is 16.3. The van der Waals surface area contributed by atoms with Crippen LogP contribution in [0.2, 0.25) is 0 Å². The molecule has 0 bridgehead atoms. The summed E-state index contributed by atoms with van der Waals surface area (Å²) < 4.78 is 20.9. The number of hydrogen-bond donors (Lipinski definition) is 0. The summed E-state index contributed by atoms with van der Waals surface area (Å²) in [7, 11) is 1.76. The van der Waals surface area contributed by atoms with E-state index in [2.05, 4.69) is 26.8 Å². The molecule has 34 heavy (non-hydrogen) atoms. The fourth-order valence-electron chi connectivity index (χ4n) is 8.04. The lowest BCUT2D eigenvalue weighted by Gasteiger charge is -2.63. The number of aryl methyl sites for hydroxylation is 1. The Bertz CT molecular complexity index is 963. The Kier molecular flexibility index (Phi) is 6.71. The summed E-state index contributed by atoms with van der Waals surface area (Å²) in [6, 6.07) is 3.47. The van der Waals surface area contributed by atoms with Gasteiger partial charge in [-0.05, 0) is 75.2 Å². The van der Waals surface area contributed by atoms with Crippen LogP contribution in [-0.4, -0.2) is 30.2 Å². The first kappa shape index (κ1) is 24.1. The van der Waals surface area contributed by atoms with Crippen LogP contribution in [0.15, 0.2) is 34.8 Å². The molecule has 5 nitrogen and oxygen atoms in total. The Hall–Kier alpha value is -1.59. The number of fused-ring (bicyclic) bond motifs is 3. The minimum Gasteiger partial charge on any atom is -0.493 e. The monoisotopic (exact) mass is 469 g/mol. The molecule has 3 saturated carbocycles. The van der Waals surface area contributed by atoms with Crippen LogP contribution >= 0.6 is 0 Å². The van der Waals surface area contributed by atoms with Gasteiger partial charge in [0.1, 0.15) is 5.75 Å². The Balaban J connectivity index is 1.30. The van der Waals surface area contributed by atoms with E-state index in [9.17, 15) is 4.79 Å². The van der Waals surface area contributed by atoms with Gasteiger partial charge in [0.2, 0.25) is 0 Å². The van der Waals surface area contributed by atoms with Gasteiger partial charge in [-0.3, -0.25) is 4.79 Å². The number of ether oxygens (including phenoxy) is 3. The number of aromatic nitrogens is 1. The molecule has 188 valence electrons. The molecular formula is C29H43NO4. The minimum absolute atomic E-state index is 0.0161. The Labute approximate surface area is 204 Å². The van der Waals surface area contributed by atoms with Gasteiger partial charge in [0.25, 0.3) is 5.56 Å². The molecule has 1 saturated heterocycles. The van der Waals surface area contributed by atoms with Crippen LogP contribution in [-0.2, 0) is 16.5 Å². The SMILES string of the molecule is C/C=C1\CCC2[C@]3(C)CO[C@@H](C4CCCC4)O[C@@H]3CC[C@@]2(C)[C@@H]1CCOc1ccn(C)c(=O)c1. The van der Waals surface area contributed by atoms with Crippen LogP contribution in [0.3, 0.4) is 0 Å². The summed E-state index contributed by atoms with van der Waals surface area (Å²) in [6.45, 7) is 8.63. The van der Waals surface area contributed by atoms with Crippen LogP contribution < -0.4 is 10.3 Å². The molecule has 3 aliphatic carbocycles. The van der Waals surface area contributed by atoms with Crippen molar-refractivity contribution in [2.24, 2.45) is 35.6 Å². The van der Waals surface area contributed by atoms with E-state index in [1.165, 1.54) is 38.5 Å². The van der Waals surface area contributed by atoms with Gasteiger partial charge in [-0.25, -0.2) is 0 Å². The molecule has 0 N–H and O–H groups in total. The summed E-state index contributed by atoms with van der Waals surface area (Å²) in [5, 5.41) is 0. The summed E-state index contributed by atoms with van der Waals surface area (Å²) in [6.07, 6.45) is 15.3. The number of rotatable bonds is 5. The fourth-order valence-corrected chi connectivity index (χ4v) is 8.04. The molecule has 4 aliphatic rings. The van der Waals surface area contributed by atoms with Crippen molar-refractivity contribution in [3.05, 3.63) is 40.3 Å². The van der Waals surface area contributed by atoms with Crippen molar-refractivity contribution >= 4 is 0 Å². The van der Waals surface area contributed by atoms with Crippen LogP contribution in [0.1, 0.15) is 78.6 Å². The van der Waals surface area contributed by atoms with Crippen molar-refractivity contribution in [3.8, 4) is 5.75 Å². The van der Waals surface area contributed by atoms with Crippen LogP contribution in [0.5, 0.6) is 5.75 Å². The second-order valence-electron chi connectivity index (χ2n) is 11.9. The molecule has 6 atom stereocenters. The molecule has 5 heteroatoms. The van der Waals surface area contributed by atoms with Gasteiger partial charge >= 0.3 is 0 Å². The van der Waals surface area contributed by atoms with Crippen LogP contribution in [0.25, 0.3) is 0 Å². The highest BCUT2D eigenvalue weighted by Gasteiger charge is 2.60. The topological polar surface area (TPSA) is 49.7 Å². The highest BCUT2D eigenvalue weighted by molar-refractivity contribution is 5.21. The first-order valence-corrected chi connectivity index (χ1v) is 13.6. The van der Waals surface area contributed by atoms with Crippen molar-refractivity contribution in [3.63, 3.8) is 0 Å². The van der Waals surface area contributed by atoms with Crippen molar-refractivity contribution in [2.45, 2.75) is 91.0 Å². The highest BCUT2D eigenvalue weighted by Crippen LogP contribution is 2.63. The van der Waals surface area contributed by atoms with Crippen LogP contribution in [0.4, 0.5) is 0 Å². The van der Waals surface area contributed by atoms with Gasteiger partial charge < -0.3 is 18.8 Å². The summed E-state index contributed by atoms with van der Waals surface area (Å²) in [5.41, 5.74) is 1.84. The largest absolute Gasteiger partial charge is 0.493 e. The minimum atomic E-state index is -0.0317. The van der Waals surface area contributed by atoms with E-state index in [4.69, 9.17) is 14.2 Å². The third kappa shape index (κ3) is 4.17. The van der Waals surface area contributed by atoms with Crippen molar-refractivity contribution < 1.29 is 14.2 Å². The third-order valence-corrected chi connectivity index (χ3v) is 10.0. The van der Waals surface area contributed by atoms with E-state index >= 15 is 0 Å². The maximum absolute atomic E-state index is 12.0. The molecular weight excluding hydrogens is 426 g/mol. The lowest BCUT2D eigenvalue weighted by molar-refractivity contribution is -0.316. The van der Waals surface area contributed by atoms with Gasteiger partial charge in [-0.1, -0.05) is 38.3 Å². The Morgan fingerprint density at radius 2 is 1.97 bits per heavy atom. The summed E-state index contributed by atoms with van der Waals surface area (Å²) >= 11 is 0. The van der Waals surface area contributed by atoms with Gasteiger partial charge in [0.15, 0.2) is 6.29 Å². The molecule has 1 aliphatic heterocycles. The highest BCUT2D eigenvalue weighted by atomic mass is 16.7. The Morgan fingerprint density at radius 3 is 2.71 bits per heavy atom. The standard InChI is InChI=1S/C29H43NO4/c1-5-20-10-11-24-28(2,23(20)14-17-32-22-13-16-30(4)26(31)18-22)15-12-25-29(24,3)19-33-27(34-25)21-8-6-7-9-21/h5,13,16,18,21,23-25,27H,6-12,14-15,17,19H2,1-4H3/b20-5+/t23-,24?,25-,27-,28+,29+/m1/s1. The van der Waals surface area contributed by atoms with E-state index < -0.39 is 0 Å². The molecule has 4 fully saturated rings. The molecule has 0 amide bonds. The lowest BCUT2D eigenvalue weighted by atomic mass is 9.46. The predicted octanol–water partition coefficient (Wildman–Crippen LogP) is 5.86. The smallest absolute Gasteiger partial charge is 0.253 e. The van der Waals surface area contributed by atoms with Crippen molar-refractivity contribution in [1.82, 2.24) is 4.57 Å². The molecule has 2 heterocycles. The van der Waals surface area contributed by atoms with Gasteiger partial charge in [-0.15, -0.1) is 0 Å². The van der Waals surface area contributed by atoms with E-state index in [1.807, 2.05) is 6.07 Å². The average molecular weight is 470 g/mol. The van der Waals surface area contributed by atoms with Gasteiger partial charge in [0, 0.05) is 30.6 Å². The van der Waals surface area contributed by atoms with Crippen molar-refractivity contribution in [1.29, 1.82) is 0 Å². The summed E-state index contributed by atoms with van der Waals surface area (Å²) in [4.78, 5) is 12.0. The molecule has 1 aromatic heterocycles. The first-order valence-electron chi connectivity index (χ1n) is 13.6. The number of hydrogen-bond acceptors (Lipinski definition) is 4. The van der Waals surface area contributed by atoms with Crippen LogP contribution in [0, 0.1) is 28.6 Å². The zero-order chi connectivity index (χ0) is 23.9. The zero-order valence-corrected chi connectivity index (χ0v) is 21.6. The number of pyridine rings is 1. The maximum atomic E-state index is 12.0. The molecule has 5 rings (SSSR count). The molecule has 1 unspecified atom stereocenters. The lowest BCUT2D eigenvalue weighted by Crippen LogP contribution is -2.62. The molecule has 0 radical (unpaired) electrons. The third-order valence-electron chi connectivity index (χ3n) is 10.0. The molecule has 1 aromatic rings.